The predicted octanol–water partition coefficient (Wildman–Crippen LogP) is 1.34. The van der Waals surface area contributed by atoms with Crippen LogP contribution in [0.25, 0.3) is 0 Å². The third-order valence-electron chi connectivity index (χ3n) is 1.61. The van der Waals surface area contributed by atoms with Crippen LogP contribution in [0.15, 0.2) is 5.10 Å². The Morgan fingerprint density at radius 2 is 2.08 bits per heavy atom. The van der Waals surface area contributed by atoms with E-state index in [1.165, 1.54) is 0 Å². The largest absolute Gasteiger partial charge is 0.487 e. The van der Waals surface area contributed by atoms with E-state index >= 15 is 0 Å². The quantitative estimate of drug-likeness (QED) is 0.618. The monoisotopic (exact) mass is 181 g/mol. The molecule has 1 N–H and O–H groups in total. The summed E-state index contributed by atoms with van der Waals surface area (Å²) in [5, 5.41) is 3.36. The predicted molar refractivity (Wildman–Crippen MR) is 38.1 cm³/mol. The lowest BCUT2D eigenvalue weighted by molar-refractivity contribution is -0.230. The summed E-state index contributed by atoms with van der Waals surface area (Å²) in [6, 6.07) is 0. The van der Waals surface area contributed by atoms with Gasteiger partial charge in [-0.05, 0) is 5.92 Å². The zero-order valence-corrected chi connectivity index (χ0v) is 6.76. The lowest BCUT2D eigenvalue weighted by Gasteiger charge is -2.28. The summed E-state index contributed by atoms with van der Waals surface area (Å²) in [5.74, 6) is -0.144. The molecule has 0 saturated carbocycles. The van der Waals surface area contributed by atoms with Gasteiger partial charge >= 0.3 is 6.30 Å². The van der Waals surface area contributed by atoms with Gasteiger partial charge in [-0.25, -0.2) is 0 Å². The van der Waals surface area contributed by atoms with Gasteiger partial charge in [0.05, 0.1) is 0 Å². The van der Waals surface area contributed by atoms with Gasteiger partial charge in [0, 0.05) is 0 Å². The second-order valence-electron chi connectivity index (χ2n) is 2.94. The molecule has 0 radical (unpaired) electrons. The van der Waals surface area contributed by atoms with E-state index in [0.29, 0.717) is 0 Å². The van der Waals surface area contributed by atoms with E-state index in [1.54, 1.807) is 13.8 Å². The highest BCUT2D eigenvalue weighted by molar-refractivity contribution is 5.57. The van der Waals surface area contributed by atoms with Crippen molar-refractivity contribution in [2.75, 3.05) is 0 Å². The first kappa shape index (κ1) is 9.15. The summed E-state index contributed by atoms with van der Waals surface area (Å²) in [7, 11) is 0. The Morgan fingerprint density at radius 1 is 1.50 bits per heavy atom. The Hall–Kier alpha value is -0.940. The summed E-state index contributed by atoms with van der Waals surface area (Å²) in [4.78, 5) is 0.262. The van der Waals surface area contributed by atoms with Gasteiger partial charge < -0.3 is 0 Å². The number of hydrogen-bond donors (Lipinski definition) is 1. The smallest absolute Gasteiger partial charge is 0.286 e. The van der Waals surface area contributed by atoms with Crippen molar-refractivity contribution in [1.29, 1.82) is 0 Å². The first-order chi connectivity index (χ1) is 5.43. The number of halogens is 3. The van der Waals surface area contributed by atoms with E-state index in [2.05, 4.69) is 10.5 Å². The van der Waals surface area contributed by atoms with Gasteiger partial charge in [0.1, 0.15) is 12.5 Å². The molecule has 0 bridgehead atoms. The molecule has 12 heavy (non-hydrogen) atoms. The SMILES string of the molecule is CC(C)C1NN=CN1C(F)(F)F. The molecule has 3 nitrogen and oxygen atoms in total. The molecule has 1 unspecified atom stereocenters. The van der Waals surface area contributed by atoms with Crippen LogP contribution < -0.4 is 5.43 Å². The van der Waals surface area contributed by atoms with Gasteiger partial charge in [0.25, 0.3) is 0 Å². The van der Waals surface area contributed by atoms with Crippen molar-refractivity contribution >= 4 is 6.34 Å². The van der Waals surface area contributed by atoms with Crippen LogP contribution in [0.2, 0.25) is 0 Å². The molecule has 1 heterocycles. The zero-order chi connectivity index (χ0) is 9.35. The highest BCUT2D eigenvalue weighted by atomic mass is 19.4. The second-order valence-corrected chi connectivity index (χ2v) is 2.94. The van der Waals surface area contributed by atoms with Gasteiger partial charge in [-0.15, -0.1) is 13.2 Å². The first-order valence-corrected chi connectivity index (χ1v) is 3.57. The van der Waals surface area contributed by atoms with E-state index < -0.39 is 12.5 Å². The Morgan fingerprint density at radius 3 is 2.42 bits per heavy atom. The third-order valence-corrected chi connectivity index (χ3v) is 1.61. The molecule has 0 amide bonds. The average Bonchev–Trinajstić information content (AvgIpc) is 2.30. The number of hydrogen-bond acceptors (Lipinski definition) is 3. The standard InChI is InChI=1S/C6H10F3N3/c1-4(2)5-11-10-3-12(5)6(7,8)9/h3-5,11H,1-2H3. The number of alkyl halides is 3. The number of hydrazone groups is 1. The molecular formula is C6H10F3N3. The average molecular weight is 181 g/mol. The Balaban J connectivity index is 2.70. The van der Waals surface area contributed by atoms with Crippen LogP contribution in [0.1, 0.15) is 13.8 Å². The first-order valence-electron chi connectivity index (χ1n) is 3.57. The molecule has 1 aliphatic rings. The summed E-state index contributed by atoms with van der Waals surface area (Å²) < 4.78 is 36.5. The normalized spacial score (nSPS) is 23.5. The molecule has 0 aromatic heterocycles. The Bertz CT molecular complexity index is 187. The second kappa shape index (κ2) is 2.84. The van der Waals surface area contributed by atoms with Crippen molar-refractivity contribution in [3.05, 3.63) is 0 Å². The van der Waals surface area contributed by atoms with Crippen LogP contribution in [0.3, 0.4) is 0 Å². The van der Waals surface area contributed by atoms with Gasteiger partial charge in [-0.1, -0.05) is 13.8 Å². The number of rotatable bonds is 1. The molecule has 0 saturated heterocycles. The van der Waals surface area contributed by atoms with Crippen molar-refractivity contribution in [2.45, 2.75) is 26.3 Å². The van der Waals surface area contributed by atoms with Crippen molar-refractivity contribution in [2.24, 2.45) is 11.0 Å². The van der Waals surface area contributed by atoms with Crippen molar-refractivity contribution < 1.29 is 13.2 Å². The zero-order valence-electron chi connectivity index (χ0n) is 6.76. The maximum absolute atomic E-state index is 12.2. The van der Waals surface area contributed by atoms with Crippen LogP contribution in [-0.4, -0.2) is 23.7 Å². The third kappa shape index (κ3) is 1.62. The fourth-order valence-corrected chi connectivity index (χ4v) is 0.999. The van der Waals surface area contributed by atoms with Gasteiger partial charge in [-0.2, -0.15) is 5.10 Å². The lowest BCUT2D eigenvalue weighted by atomic mass is 10.1. The van der Waals surface area contributed by atoms with Gasteiger partial charge in [0.2, 0.25) is 0 Å². The molecule has 0 spiro atoms. The molecule has 0 aromatic rings. The summed E-state index contributed by atoms with van der Waals surface area (Å²) >= 11 is 0. The summed E-state index contributed by atoms with van der Waals surface area (Å²) in [6.07, 6.45) is -4.35. The molecule has 1 rings (SSSR count). The minimum absolute atomic E-state index is 0.144. The maximum Gasteiger partial charge on any atom is 0.487 e. The topological polar surface area (TPSA) is 27.6 Å². The van der Waals surface area contributed by atoms with Gasteiger partial charge in [-0.3, -0.25) is 10.3 Å². The highest BCUT2D eigenvalue weighted by Crippen LogP contribution is 2.25. The maximum atomic E-state index is 12.2. The number of nitrogens with one attached hydrogen (secondary N) is 1. The van der Waals surface area contributed by atoms with Crippen LogP contribution in [0.5, 0.6) is 0 Å². The van der Waals surface area contributed by atoms with Crippen LogP contribution in [-0.2, 0) is 0 Å². The summed E-state index contributed by atoms with van der Waals surface area (Å²) in [6.45, 7) is 3.40. The van der Waals surface area contributed by atoms with Crippen LogP contribution in [0.4, 0.5) is 13.2 Å². The minimum Gasteiger partial charge on any atom is -0.286 e. The Labute approximate surface area is 68.2 Å². The van der Waals surface area contributed by atoms with Crippen molar-refractivity contribution in [3.63, 3.8) is 0 Å². The van der Waals surface area contributed by atoms with Crippen molar-refractivity contribution in [3.8, 4) is 0 Å². The van der Waals surface area contributed by atoms with Crippen LogP contribution in [0, 0.1) is 5.92 Å². The minimum atomic E-state index is -4.35. The molecular weight excluding hydrogens is 171 g/mol. The summed E-state index contributed by atoms with van der Waals surface area (Å²) in [5.41, 5.74) is 2.39. The molecule has 0 fully saturated rings. The highest BCUT2D eigenvalue weighted by Gasteiger charge is 2.43. The van der Waals surface area contributed by atoms with E-state index in [0.717, 1.165) is 6.34 Å². The molecule has 0 aliphatic carbocycles. The molecule has 1 aliphatic heterocycles. The Kier molecular flexibility index (Phi) is 2.16. The fourth-order valence-electron chi connectivity index (χ4n) is 0.999. The van der Waals surface area contributed by atoms with E-state index in [9.17, 15) is 13.2 Å². The van der Waals surface area contributed by atoms with E-state index in [4.69, 9.17) is 0 Å². The number of nitrogens with zero attached hydrogens (tertiary/aromatic N) is 2. The van der Waals surface area contributed by atoms with E-state index in [-0.39, 0.29) is 10.8 Å². The van der Waals surface area contributed by atoms with Crippen molar-refractivity contribution in [1.82, 2.24) is 10.3 Å². The van der Waals surface area contributed by atoms with Crippen LogP contribution >= 0.6 is 0 Å². The molecule has 6 heteroatoms. The molecule has 1 atom stereocenters. The molecule has 0 aromatic carbocycles. The van der Waals surface area contributed by atoms with E-state index in [1.807, 2.05) is 0 Å². The van der Waals surface area contributed by atoms with Gasteiger partial charge in [0.15, 0.2) is 0 Å². The fraction of sp³-hybridized carbons (Fsp3) is 0.833. The molecule has 70 valence electrons. The lowest BCUT2D eigenvalue weighted by Crippen LogP contribution is -2.48.